The zero-order valence-corrected chi connectivity index (χ0v) is 4.88. The lowest BCUT2D eigenvalue weighted by Crippen LogP contribution is -1.69. The molecular formula is CH3F2O2PS. The van der Waals surface area contributed by atoms with Gasteiger partial charge in [-0.1, -0.05) is 0 Å². The summed E-state index contributed by atoms with van der Waals surface area (Å²) in [5.41, 5.74) is -0.965. The Morgan fingerprint density at radius 1 is 1.86 bits per heavy atom. The lowest BCUT2D eigenvalue weighted by molar-refractivity contribution is 0.436. The molecule has 0 aromatic rings. The summed E-state index contributed by atoms with van der Waals surface area (Å²) in [6, 6.07) is 0. The lowest BCUT2D eigenvalue weighted by Gasteiger charge is -1.90. The maximum atomic E-state index is 11.2. The van der Waals surface area contributed by atoms with E-state index in [1.54, 1.807) is 0 Å². The van der Waals surface area contributed by atoms with Crippen LogP contribution in [0, 0.1) is 0 Å². The van der Waals surface area contributed by atoms with Crippen LogP contribution < -0.4 is 0 Å². The molecule has 0 aliphatic rings. The Labute approximate surface area is 43.8 Å². The highest BCUT2D eigenvalue weighted by Crippen LogP contribution is 2.45. The van der Waals surface area contributed by atoms with Crippen molar-refractivity contribution in [2.45, 2.75) is 0 Å². The Kier molecular flexibility index (Phi) is 2.80. The van der Waals surface area contributed by atoms with Crippen molar-refractivity contribution in [3.63, 3.8) is 0 Å². The van der Waals surface area contributed by atoms with Gasteiger partial charge in [0.25, 0.3) is 0 Å². The van der Waals surface area contributed by atoms with Crippen LogP contribution in [0.5, 0.6) is 0 Å². The van der Waals surface area contributed by atoms with Gasteiger partial charge in [0.05, 0.1) is 12.1 Å². The normalized spacial score (nSPS) is 18.7. The van der Waals surface area contributed by atoms with Crippen LogP contribution in [0.2, 0.25) is 0 Å². The molecule has 0 rings (SSSR count). The van der Waals surface area contributed by atoms with Gasteiger partial charge >= 0.3 is 7.68 Å². The first kappa shape index (κ1) is 7.40. The fourth-order valence-electron chi connectivity index (χ4n) is 0.0602. The van der Waals surface area contributed by atoms with Crippen LogP contribution in [0.15, 0.2) is 0 Å². The van der Waals surface area contributed by atoms with Crippen LogP contribution in [-0.4, -0.2) is 10.4 Å². The van der Waals surface area contributed by atoms with Crippen molar-refractivity contribution in [1.82, 2.24) is 0 Å². The first-order valence-electron chi connectivity index (χ1n) is 1.31. The molecule has 0 fully saturated rings. The molecule has 0 aliphatic carbocycles. The summed E-state index contributed by atoms with van der Waals surface area (Å²) in [6.45, 7) is 0. The van der Waals surface area contributed by atoms with Crippen molar-refractivity contribution in [2.24, 2.45) is 0 Å². The van der Waals surface area contributed by atoms with Gasteiger partial charge in [-0.25, -0.2) is 0 Å². The summed E-state index contributed by atoms with van der Waals surface area (Å²) in [5.74, 6) is 0. The van der Waals surface area contributed by atoms with Gasteiger partial charge in [-0.3, -0.25) is 4.57 Å². The Morgan fingerprint density at radius 3 is 2.29 bits per heavy atom. The molecule has 0 spiro atoms. The van der Waals surface area contributed by atoms with Crippen molar-refractivity contribution in [3.8, 4) is 0 Å². The van der Waals surface area contributed by atoms with E-state index in [2.05, 4.69) is 0 Å². The van der Waals surface area contributed by atoms with Crippen LogP contribution in [0.4, 0.5) is 8.08 Å². The van der Waals surface area contributed by atoms with Crippen LogP contribution in [0.1, 0.15) is 0 Å². The van der Waals surface area contributed by atoms with Gasteiger partial charge in [0.2, 0.25) is 0 Å². The van der Waals surface area contributed by atoms with Crippen LogP contribution in [-0.2, 0) is 4.57 Å². The van der Waals surface area contributed by atoms with E-state index in [4.69, 9.17) is 4.89 Å². The zero-order valence-electron chi connectivity index (χ0n) is 3.17. The van der Waals surface area contributed by atoms with Crippen LogP contribution >= 0.6 is 19.8 Å². The van der Waals surface area contributed by atoms with E-state index in [1.807, 2.05) is 0 Å². The summed E-state index contributed by atoms with van der Waals surface area (Å²) in [5, 5.41) is 0. The Balaban J connectivity index is 3.36. The van der Waals surface area contributed by atoms with Gasteiger partial charge in [0.15, 0.2) is 0 Å². The Bertz CT molecular complexity index is 89.7. The molecule has 2 nitrogen and oxygen atoms in total. The first-order chi connectivity index (χ1) is 3.06. The number of rotatable bonds is 2. The second-order valence-corrected chi connectivity index (χ2v) is 3.34. The van der Waals surface area contributed by atoms with Gasteiger partial charge in [-0.15, -0.1) is 0 Å². The molecule has 0 bridgehead atoms. The van der Waals surface area contributed by atoms with Gasteiger partial charge in [0, 0.05) is 0 Å². The third-order valence-corrected chi connectivity index (χ3v) is 1.87. The summed E-state index contributed by atoms with van der Waals surface area (Å²) in [6.07, 6.45) is 0. The van der Waals surface area contributed by atoms with Crippen LogP contribution in [0.25, 0.3) is 0 Å². The molecule has 0 saturated heterocycles. The largest absolute Gasteiger partial charge is 0.377 e. The quantitative estimate of drug-likeness (QED) is 0.605. The Hall–Kier alpha value is 0.400. The first-order valence-corrected chi connectivity index (χ1v) is 3.93. The van der Waals surface area contributed by atoms with Crippen molar-refractivity contribution in [1.29, 1.82) is 0 Å². The van der Waals surface area contributed by atoms with E-state index in [9.17, 15) is 12.6 Å². The zero-order chi connectivity index (χ0) is 5.91. The molecule has 0 aromatic heterocycles. The fraction of sp³-hybridized carbons (Fsp3) is 1.00. The molecule has 0 saturated carbocycles. The average Bonchev–Trinajstić information content (AvgIpc) is 1.30. The van der Waals surface area contributed by atoms with E-state index in [0.29, 0.717) is 0 Å². The molecule has 1 atom stereocenters. The maximum absolute atomic E-state index is 11.2. The highest BCUT2D eigenvalue weighted by atomic mass is 32.2. The molecule has 0 aromatic carbocycles. The number of hydrogen-bond donors (Lipinski definition) is 1. The number of hydrogen-bond acceptors (Lipinski definition) is 2. The maximum Gasteiger partial charge on any atom is 0.377 e. The summed E-state index contributed by atoms with van der Waals surface area (Å²) >= 11 is -0.480. The number of halogens is 2. The smallest absolute Gasteiger partial charge is 0.321 e. The highest BCUT2D eigenvalue weighted by Gasteiger charge is 2.14. The SMILES string of the molecule is O=P(O)(F)CSF. The molecule has 1 unspecified atom stereocenters. The van der Waals surface area contributed by atoms with E-state index in [1.165, 1.54) is 0 Å². The highest BCUT2D eigenvalue weighted by molar-refractivity contribution is 8.00. The van der Waals surface area contributed by atoms with Crippen molar-refractivity contribution < 1.29 is 17.5 Å². The van der Waals surface area contributed by atoms with Crippen LogP contribution in [0.3, 0.4) is 0 Å². The molecule has 0 radical (unpaired) electrons. The topological polar surface area (TPSA) is 37.3 Å². The minimum absolute atomic E-state index is 0.480. The average molecular weight is 148 g/mol. The van der Waals surface area contributed by atoms with Crippen molar-refractivity contribution >= 4 is 19.8 Å². The van der Waals surface area contributed by atoms with Gasteiger partial charge in [0.1, 0.15) is 5.49 Å². The summed E-state index contributed by atoms with van der Waals surface area (Å²) in [7, 11) is -4.58. The fourth-order valence-corrected chi connectivity index (χ4v) is 0.542. The standard InChI is InChI=1S/CH3F2O2PS/c2-6(4,5)1-7-3/h1H2,(H,4,5). The van der Waals surface area contributed by atoms with E-state index < -0.39 is 25.3 Å². The van der Waals surface area contributed by atoms with E-state index in [-0.39, 0.29) is 0 Å². The molecule has 7 heavy (non-hydrogen) atoms. The lowest BCUT2D eigenvalue weighted by atomic mass is 11.9. The molecule has 1 N–H and O–H groups in total. The van der Waals surface area contributed by atoms with E-state index >= 15 is 0 Å². The third-order valence-electron chi connectivity index (χ3n) is 0.208. The molecule has 0 heterocycles. The van der Waals surface area contributed by atoms with Gasteiger partial charge in [-0.05, 0) is 0 Å². The summed E-state index contributed by atoms with van der Waals surface area (Å²) < 4.78 is 31.5. The molecule has 44 valence electrons. The second kappa shape index (κ2) is 2.64. The Morgan fingerprint density at radius 2 is 2.29 bits per heavy atom. The monoisotopic (exact) mass is 148 g/mol. The molecule has 6 heteroatoms. The molecule has 0 aliphatic heterocycles. The predicted octanol–water partition coefficient (Wildman–Crippen LogP) is 1.72. The predicted molar refractivity (Wildman–Crippen MR) is 24.5 cm³/mol. The summed E-state index contributed by atoms with van der Waals surface area (Å²) in [4.78, 5) is 7.65. The third kappa shape index (κ3) is 6.40. The van der Waals surface area contributed by atoms with Gasteiger partial charge in [-0.2, -0.15) is 8.08 Å². The molecule has 0 amide bonds. The van der Waals surface area contributed by atoms with Crippen molar-refractivity contribution in [3.05, 3.63) is 0 Å². The van der Waals surface area contributed by atoms with Crippen molar-refractivity contribution in [2.75, 3.05) is 5.49 Å². The van der Waals surface area contributed by atoms with Gasteiger partial charge < -0.3 is 4.89 Å². The van der Waals surface area contributed by atoms with E-state index in [0.717, 1.165) is 0 Å². The molecular weight excluding hydrogens is 145 g/mol. The minimum Gasteiger partial charge on any atom is -0.321 e. The minimum atomic E-state index is -4.58. The second-order valence-electron chi connectivity index (χ2n) is 0.855.